The van der Waals surface area contributed by atoms with Crippen LogP contribution in [0.4, 0.5) is 4.79 Å². The lowest BCUT2D eigenvalue weighted by molar-refractivity contribution is 0.0904. The molecule has 1 aliphatic rings. The highest BCUT2D eigenvalue weighted by Gasteiger charge is 2.33. The second-order valence-corrected chi connectivity index (χ2v) is 5.22. The van der Waals surface area contributed by atoms with Crippen LogP contribution in [0.2, 0.25) is 5.02 Å². The van der Waals surface area contributed by atoms with Gasteiger partial charge in [-0.05, 0) is 30.4 Å². The number of rotatable bonds is 2. The molecule has 1 amide bonds. The van der Waals surface area contributed by atoms with Crippen LogP contribution in [0.1, 0.15) is 30.9 Å². The minimum absolute atomic E-state index is 0.196. The van der Waals surface area contributed by atoms with Gasteiger partial charge in [0, 0.05) is 18.0 Å². The fraction of sp³-hybridized carbons (Fsp3) is 0.400. The molecular formula is C15H16ClNO2. The van der Waals surface area contributed by atoms with Gasteiger partial charge in [0.1, 0.15) is 0 Å². The molecule has 0 saturated carbocycles. The van der Waals surface area contributed by atoms with E-state index >= 15 is 0 Å². The van der Waals surface area contributed by atoms with E-state index in [-0.39, 0.29) is 6.04 Å². The number of benzene rings is 1. The lowest BCUT2D eigenvalue weighted by Crippen LogP contribution is -2.40. The second-order valence-electron chi connectivity index (χ2n) is 4.81. The molecule has 1 aromatic carbocycles. The molecule has 2 atom stereocenters. The number of carbonyl (C=O) groups is 1. The molecule has 100 valence electrons. The van der Waals surface area contributed by atoms with Gasteiger partial charge in [0.2, 0.25) is 0 Å². The first-order chi connectivity index (χ1) is 9.13. The van der Waals surface area contributed by atoms with Crippen molar-refractivity contribution in [3.8, 4) is 12.3 Å². The number of amides is 1. The average Bonchev–Trinajstić information content (AvgIpc) is 2.39. The SMILES string of the molecule is C#CCC1CCN(C(=O)O)C(c2ccccc2Cl)C1. The number of piperidine rings is 1. The van der Waals surface area contributed by atoms with Crippen LogP contribution < -0.4 is 0 Å². The molecule has 0 radical (unpaired) electrons. The summed E-state index contributed by atoms with van der Waals surface area (Å²) in [6.45, 7) is 0.511. The minimum atomic E-state index is -0.899. The lowest BCUT2D eigenvalue weighted by Gasteiger charge is -2.38. The number of likely N-dealkylation sites (tertiary alicyclic amines) is 1. The van der Waals surface area contributed by atoms with Gasteiger partial charge in [-0.25, -0.2) is 4.79 Å². The number of hydrogen-bond acceptors (Lipinski definition) is 1. The fourth-order valence-corrected chi connectivity index (χ4v) is 2.92. The Kier molecular flexibility index (Phi) is 4.34. The number of terminal acetylenes is 1. The third kappa shape index (κ3) is 3.02. The standard InChI is InChI=1S/C15H16ClNO2/c1-2-5-11-8-9-17(15(18)19)14(10-11)12-6-3-4-7-13(12)16/h1,3-4,6-7,11,14H,5,8-10H2,(H,18,19). The highest BCUT2D eigenvalue weighted by atomic mass is 35.5. The third-order valence-corrected chi connectivity index (χ3v) is 3.97. The molecule has 3 nitrogen and oxygen atoms in total. The molecule has 1 heterocycles. The van der Waals surface area contributed by atoms with Gasteiger partial charge in [-0.2, -0.15) is 0 Å². The van der Waals surface area contributed by atoms with Crippen molar-refractivity contribution in [2.24, 2.45) is 5.92 Å². The van der Waals surface area contributed by atoms with Crippen LogP contribution >= 0.6 is 11.6 Å². The topological polar surface area (TPSA) is 40.5 Å². The van der Waals surface area contributed by atoms with Crippen LogP contribution in [0.3, 0.4) is 0 Å². The Balaban J connectivity index is 2.28. The van der Waals surface area contributed by atoms with E-state index in [1.165, 1.54) is 4.90 Å². The van der Waals surface area contributed by atoms with Gasteiger partial charge in [0.15, 0.2) is 0 Å². The summed E-state index contributed by atoms with van der Waals surface area (Å²) < 4.78 is 0. The van der Waals surface area contributed by atoms with Gasteiger partial charge in [-0.15, -0.1) is 12.3 Å². The van der Waals surface area contributed by atoms with Crippen LogP contribution in [0.15, 0.2) is 24.3 Å². The molecule has 2 rings (SSSR count). The zero-order chi connectivity index (χ0) is 13.8. The van der Waals surface area contributed by atoms with Crippen molar-refractivity contribution in [3.05, 3.63) is 34.9 Å². The summed E-state index contributed by atoms with van der Waals surface area (Å²) in [4.78, 5) is 12.8. The van der Waals surface area contributed by atoms with Crippen molar-refractivity contribution in [1.29, 1.82) is 0 Å². The number of nitrogens with zero attached hydrogens (tertiary/aromatic N) is 1. The molecule has 0 aliphatic carbocycles. The first kappa shape index (κ1) is 13.8. The number of halogens is 1. The van der Waals surface area contributed by atoms with E-state index < -0.39 is 6.09 Å². The lowest BCUT2D eigenvalue weighted by atomic mass is 9.85. The molecule has 1 fully saturated rings. The second kappa shape index (κ2) is 5.99. The van der Waals surface area contributed by atoms with Gasteiger partial charge >= 0.3 is 6.09 Å². The van der Waals surface area contributed by atoms with Gasteiger partial charge in [0.25, 0.3) is 0 Å². The van der Waals surface area contributed by atoms with Crippen molar-refractivity contribution in [2.75, 3.05) is 6.54 Å². The average molecular weight is 278 g/mol. The van der Waals surface area contributed by atoms with Crippen LogP contribution in [-0.4, -0.2) is 22.6 Å². The Hall–Kier alpha value is -1.66. The molecule has 2 unspecified atom stereocenters. The minimum Gasteiger partial charge on any atom is -0.465 e. The summed E-state index contributed by atoms with van der Waals surface area (Å²) >= 11 is 6.19. The van der Waals surface area contributed by atoms with Crippen molar-refractivity contribution in [3.63, 3.8) is 0 Å². The summed E-state index contributed by atoms with van der Waals surface area (Å²) in [7, 11) is 0. The highest BCUT2D eigenvalue weighted by Crippen LogP contribution is 2.38. The summed E-state index contributed by atoms with van der Waals surface area (Å²) in [6.07, 6.45) is 6.71. The summed E-state index contributed by atoms with van der Waals surface area (Å²) in [5.74, 6) is 3.03. The predicted octanol–water partition coefficient (Wildman–Crippen LogP) is 3.79. The summed E-state index contributed by atoms with van der Waals surface area (Å²) in [5.41, 5.74) is 0.869. The Morgan fingerprint density at radius 2 is 2.26 bits per heavy atom. The summed E-state index contributed by atoms with van der Waals surface area (Å²) in [5, 5.41) is 9.93. The molecule has 19 heavy (non-hydrogen) atoms. The van der Waals surface area contributed by atoms with Crippen molar-refractivity contribution < 1.29 is 9.90 Å². The Morgan fingerprint density at radius 3 is 2.89 bits per heavy atom. The van der Waals surface area contributed by atoms with E-state index in [2.05, 4.69) is 5.92 Å². The maximum Gasteiger partial charge on any atom is 0.407 e. The van der Waals surface area contributed by atoms with E-state index in [1.807, 2.05) is 18.2 Å². The molecule has 1 saturated heterocycles. The maximum absolute atomic E-state index is 11.4. The Bertz CT molecular complexity index is 509. The zero-order valence-electron chi connectivity index (χ0n) is 10.6. The Labute approximate surface area is 118 Å². The summed E-state index contributed by atoms with van der Waals surface area (Å²) in [6, 6.07) is 7.21. The zero-order valence-corrected chi connectivity index (χ0v) is 11.3. The van der Waals surface area contributed by atoms with Crippen molar-refractivity contribution in [1.82, 2.24) is 4.90 Å². The fourth-order valence-electron chi connectivity index (χ4n) is 2.66. The van der Waals surface area contributed by atoms with Gasteiger partial charge in [0.05, 0.1) is 6.04 Å². The van der Waals surface area contributed by atoms with Crippen molar-refractivity contribution >= 4 is 17.7 Å². The molecule has 0 bridgehead atoms. The number of carboxylic acid groups (broad SMARTS) is 1. The van der Waals surface area contributed by atoms with E-state index in [9.17, 15) is 9.90 Å². The van der Waals surface area contributed by atoms with Crippen molar-refractivity contribution in [2.45, 2.75) is 25.3 Å². The molecule has 1 aliphatic heterocycles. The van der Waals surface area contributed by atoms with E-state index in [0.717, 1.165) is 18.4 Å². The Morgan fingerprint density at radius 1 is 1.53 bits per heavy atom. The van der Waals surface area contributed by atoms with E-state index in [0.29, 0.717) is 23.9 Å². The van der Waals surface area contributed by atoms with E-state index in [4.69, 9.17) is 18.0 Å². The first-order valence-corrected chi connectivity index (χ1v) is 6.68. The highest BCUT2D eigenvalue weighted by molar-refractivity contribution is 6.31. The third-order valence-electron chi connectivity index (χ3n) is 3.63. The van der Waals surface area contributed by atoms with Crippen LogP contribution in [0, 0.1) is 18.3 Å². The van der Waals surface area contributed by atoms with Gasteiger partial charge in [-0.3, -0.25) is 0 Å². The quantitative estimate of drug-likeness (QED) is 0.836. The predicted molar refractivity (Wildman–Crippen MR) is 75.1 cm³/mol. The molecule has 1 N–H and O–H groups in total. The van der Waals surface area contributed by atoms with Crippen LogP contribution in [0.5, 0.6) is 0 Å². The van der Waals surface area contributed by atoms with Crippen LogP contribution in [-0.2, 0) is 0 Å². The number of hydrogen-bond donors (Lipinski definition) is 1. The molecule has 4 heteroatoms. The molecule has 1 aromatic rings. The molecule has 0 spiro atoms. The largest absolute Gasteiger partial charge is 0.465 e. The molecular weight excluding hydrogens is 262 g/mol. The normalized spacial score (nSPS) is 22.8. The maximum atomic E-state index is 11.4. The van der Waals surface area contributed by atoms with E-state index in [1.54, 1.807) is 6.07 Å². The smallest absolute Gasteiger partial charge is 0.407 e. The first-order valence-electron chi connectivity index (χ1n) is 6.31. The van der Waals surface area contributed by atoms with Gasteiger partial charge < -0.3 is 10.0 Å². The molecule has 0 aromatic heterocycles. The van der Waals surface area contributed by atoms with Gasteiger partial charge in [-0.1, -0.05) is 29.8 Å². The van der Waals surface area contributed by atoms with Crippen LogP contribution in [0.25, 0.3) is 0 Å². The monoisotopic (exact) mass is 277 g/mol.